The highest BCUT2D eigenvalue weighted by Crippen LogP contribution is 2.27. The number of carbonyl (C=O) groups excluding carboxylic acids is 2. The molecule has 0 radical (unpaired) electrons. The molecule has 2 rings (SSSR count). The van der Waals surface area contributed by atoms with Gasteiger partial charge in [-0.25, -0.2) is 9.59 Å². The van der Waals surface area contributed by atoms with Gasteiger partial charge in [0.25, 0.3) is 0 Å². The molecule has 7 heteroatoms. The van der Waals surface area contributed by atoms with Crippen molar-refractivity contribution in [3.05, 3.63) is 65.2 Å². The first-order chi connectivity index (χ1) is 13.6. The van der Waals surface area contributed by atoms with Crippen molar-refractivity contribution in [3.63, 3.8) is 0 Å². The number of amides is 1. The SMILES string of the molecule is CC(C)(C)C(=O)c1cc(O)ccc1C[C@H](NC(=O)OCc1ccccc1)C(=O)O. The van der Waals surface area contributed by atoms with Crippen molar-refractivity contribution in [1.29, 1.82) is 0 Å². The van der Waals surface area contributed by atoms with Gasteiger partial charge < -0.3 is 20.3 Å². The molecule has 154 valence electrons. The number of aromatic hydroxyl groups is 1. The Hall–Kier alpha value is -3.35. The fraction of sp³-hybridized carbons (Fsp3) is 0.318. The quantitative estimate of drug-likeness (QED) is 0.614. The van der Waals surface area contributed by atoms with Crippen molar-refractivity contribution in [1.82, 2.24) is 5.32 Å². The number of Topliss-reactive ketones (excluding diaryl/α,β-unsaturated/α-hetero) is 1. The second kappa shape index (κ2) is 9.23. The van der Waals surface area contributed by atoms with Gasteiger partial charge in [0.2, 0.25) is 0 Å². The van der Waals surface area contributed by atoms with Crippen molar-refractivity contribution in [2.45, 2.75) is 39.8 Å². The summed E-state index contributed by atoms with van der Waals surface area (Å²) in [6, 6.07) is 11.9. The predicted molar refractivity (Wildman–Crippen MR) is 107 cm³/mol. The Bertz CT molecular complexity index is 886. The van der Waals surface area contributed by atoms with Crippen molar-refractivity contribution in [3.8, 4) is 5.75 Å². The number of hydrogen-bond acceptors (Lipinski definition) is 5. The smallest absolute Gasteiger partial charge is 0.408 e. The molecule has 0 saturated heterocycles. The van der Waals surface area contributed by atoms with Crippen molar-refractivity contribution in [2.24, 2.45) is 5.41 Å². The van der Waals surface area contributed by atoms with Gasteiger partial charge in [0.1, 0.15) is 18.4 Å². The minimum absolute atomic E-state index is 0.00593. The van der Waals surface area contributed by atoms with Gasteiger partial charge in [-0.3, -0.25) is 4.79 Å². The first-order valence-electron chi connectivity index (χ1n) is 9.14. The van der Waals surface area contributed by atoms with E-state index in [0.29, 0.717) is 5.56 Å². The maximum atomic E-state index is 12.7. The Morgan fingerprint density at radius 2 is 1.72 bits per heavy atom. The Morgan fingerprint density at radius 3 is 2.31 bits per heavy atom. The molecule has 0 aliphatic heterocycles. The van der Waals surface area contributed by atoms with Gasteiger partial charge in [-0.2, -0.15) is 0 Å². The van der Waals surface area contributed by atoms with Crippen LogP contribution >= 0.6 is 0 Å². The van der Waals surface area contributed by atoms with Crippen LogP contribution in [0.2, 0.25) is 0 Å². The Labute approximate surface area is 169 Å². The highest BCUT2D eigenvalue weighted by atomic mass is 16.5. The molecule has 0 fully saturated rings. The number of phenolic OH excluding ortho intramolecular Hbond substituents is 1. The normalized spacial score (nSPS) is 12.1. The first kappa shape index (κ1) is 21.9. The summed E-state index contributed by atoms with van der Waals surface area (Å²) in [4.78, 5) is 36.4. The molecule has 0 aliphatic rings. The number of ether oxygens (including phenoxy) is 1. The first-order valence-corrected chi connectivity index (χ1v) is 9.14. The summed E-state index contributed by atoms with van der Waals surface area (Å²) in [5.41, 5.74) is 0.691. The minimum Gasteiger partial charge on any atom is -0.508 e. The summed E-state index contributed by atoms with van der Waals surface area (Å²) in [6.45, 7) is 5.21. The zero-order valence-electron chi connectivity index (χ0n) is 16.6. The van der Waals surface area contributed by atoms with E-state index in [1.54, 1.807) is 45.0 Å². The van der Waals surface area contributed by atoms with Gasteiger partial charge in [0.15, 0.2) is 5.78 Å². The van der Waals surface area contributed by atoms with E-state index < -0.39 is 23.5 Å². The molecule has 0 bridgehead atoms. The molecule has 0 spiro atoms. The Balaban J connectivity index is 2.13. The van der Waals surface area contributed by atoms with Crippen LogP contribution in [0.4, 0.5) is 4.79 Å². The van der Waals surface area contributed by atoms with Gasteiger partial charge in [0.05, 0.1) is 0 Å². The lowest BCUT2D eigenvalue weighted by Gasteiger charge is -2.21. The molecule has 0 unspecified atom stereocenters. The molecule has 7 nitrogen and oxygen atoms in total. The molecule has 0 heterocycles. The zero-order valence-corrected chi connectivity index (χ0v) is 16.6. The lowest BCUT2D eigenvalue weighted by atomic mass is 9.83. The van der Waals surface area contributed by atoms with E-state index in [2.05, 4.69) is 5.32 Å². The lowest BCUT2D eigenvalue weighted by Crippen LogP contribution is -2.42. The molecule has 1 atom stereocenters. The van der Waals surface area contributed by atoms with Crippen LogP contribution in [-0.4, -0.2) is 34.1 Å². The van der Waals surface area contributed by atoms with Gasteiger partial charge >= 0.3 is 12.1 Å². The van der Waals surface area contributed by atoms with E-state index in [1.165, 1.54) is 18.2 Å². The average molecular weight is 399 g/mol. The van der Waals surface area contributed by atoms with Gasteiger partial charge in [0, 0.05) is 17.4 Å². The van der Waals surface area contributed by atoms with Crippen LogP contribution in [0.25, 0.3) is 0 Å². The standard InChI is InChI=1S/C22H25NO6/c1-22(2,3)19(25)17-12-16(24)10-9-15(17)11-18(20(26)27)23-21(28)29-13-14-7-5-4-6-8-14/h4-10,12,18,24H,11,13H2,1-3H3,(H,23,28)(H,26,27)/t18-/m0/s1. The minimum atomic E-state index is -1.30. The maximum absolute atomic E-state index is 12.7. The van der Waals surface area contributed by atoms with Crippen LogP contribution in [0, 0.1) is 5.41 Å². The number of aliphatic carboxylic acids is 1. The summed E-state index contributed by atoms with van der Waals surface area (Å²) in [5.74, 6) is -1.59. The number of ketones is 1. The number of alkyl carbamates (subject to hydrolysis) is 1. The fourth-order valence-corrected chi connectivity index (χ4v) is 2.68. The highest BCUT2D eigenvalue weighted by Gasteiger charge is 2.28. The Kier molecular flexibility index (Phi) is 6.98. The monoisotopic (exact) mass is 399 g/mol. The van der Waals surface area contributed by atoms with Gasteiger partial charge in [-0.1, -0.05) is 57.2 Å². The summed E-state index contributed by atoms with van der Waals surface area (Å²) in [6.07, 6.45) is -1.00. The van der Waals surface area contributed by atoms with E-state index in [9.17, 15) is 24.6 Å². The maximum Gasteiger partial charge on any atom is 0.408 e. The van der Waals surface area contributed by atoms with Crippen LogP contribution in [0.1, 0.15) is 42.3 Å². The van der Waals surface area contributed by atoms with Crippen LogP contribution in [0.5, 0.6) is 5.75 Å². The third-order valence-electron chi connectivity index (χ3n) is 4.25. The van der Waals surface area contributed by atoms with Gasteiger partial charge in [-0.05, 0) is 23.3 Å². The molecule has 0 saturated carbocycles. The summed E-state index contributed by atoms with van der Waals surface area (Å²) < 4.78 is 5.08. The molecular formula is C22H25NO6. The van der Waals surface area contributed by atoms with Crippen molar-refractivity contribution < 1.29 is 29.3 Å². The van der Waals surface area contributed by atoms with Crippen LogP contribution in [0.15, 0.2) is 48.5 Å². The zero-order chi connectivity index (χ0) is 21.6. The Morgan fingerprint density at radius 1 is 1.07 bits per heavy atom. The van der Waals surface area contributed by atoms with E-state index in [1.807, 2.05) is 6.07 Å². The molecule has 29 heavy (non-hydrogen) atoms. The van der Waals surface area contributed by atoms with E-state index in [-0.39, 0.29) is 30.1 Å². The fourth-order valence-electron chi connectivity index (χ4n) is 2.68. The molecular weight excluding hydrogens is 374 g/mol. The molecule has 0 aromatic heterocycles. The van der Waals surface area contributed by atoms with Crippen molar-refractivity contribution in [2.75, 3.05) is 0 Å². The summed E-state index contributed by atoms with van der Waals surface area (Å²) in [5, 5.41) is 21.6. The number of hydrogen-bond donors (Lipinski definition) is 3. The molecule has 3 N–H and O–H groups in total. The second-order valence-corrected chi connectivity index (χ2v) is 7.72. The number of carbonyl (C=O) groups is 3. The van der Waals surface area contributed by atoms with E-state index in [4.69, 9.17) is 4.74 Å². The van der Waals surface area contributed by atoms with Gasteiger partial charge in [-0.15, -0.1) is 0 Å². The van der Waals surface area contributed by atoms with E-state index >= 15 is 0 Å². The predicted octanol–water partition coefficient (Wildman–Crippen LogP) is 3.54. The van der Waals surface area contributed by atoms with E-state index in [0.717, 1.165) is 5.56 Å². The average Bonchev–Trinajstić information content (AvgIpc) is 2.66. The summed E-state index contributed by atoms with van der Waals surface area (Å²) >= 11 is 0. The van der Waals surface area contributed by atoms with Crippen molar-refractivity contribution >= 4 is 17.8 Å². The largest absolute Gasteiger partial charge is 0.508 e. The topological polar surface area (TPSA) is 113 Å². The lowest BCUT2D eigenvalue weighted by molar-refractivity contribution is -0.139. The number of rotatable bonds is 7. The molecule has 1 amide bonds. The number of nitrogens with one attached hydrogen (secondary N) is 1. The molecule has 2 aromatic rings. The molecule has 2 aromatic carbocycles. The number of carboxylic acid groups (broad SMARTS) is 1. The summed E-state index contributed by atoms with van der Waals surface area (Å²) in [7, 11) is 0. The third kappa shape index (κ3) is 6.34. The molecule has 0 aliphatic carbocycles. The second-order valence-electron chi connectivity index (χ2n) is 7.72. The van der Waals surface area contributed by atoms with Crippen LogP contribution in [0.3, 0.4) is 0 Å². The highest BCUT2D eigenvalue weighted by molar-refractivity contribution is 6.01. The third-order valence-corrected chi connectivity index (χ3v) is 4.25. The number of phenols is 1. The number of benzene rings is 2. The van der Waals surface area contributed by atoms with Crippen LogP contribution in [-0.2, 0) is 22.6 Å². The number of carboxylic acids is 1. The van der Waals surface area contributed by atoms with Crippen LogP contribution < -0.4 is 5.32 Å².